The van der Waals surface area contributed by atoms with Crippen molar-refractivity contribution in [3.05, 3.63) is 47.5 Å². The highest BCUT2D eigenvalue weighted by Crippen LogP contribution is 2.38. The summed E-state index contributed by atoms with van der Waals surface area (Å²) in [4.78, 5) is 24.6. The lowest BCUT2D eigenvalue weighted by atomic mass is 10.1. The third-order valence-corrected chi connectivity index (χ3v) is 4.39. The maximum atomic E-state index is 12.4. The van der Waals surface area contributed by atoms with Crippen LogP contribution in [0, 0.1) is 0 Å². The second-order valence-corrected chi connectivity index (χ2v) is 6.26. The number of Topliss-reactive ketones (excluding diaryl/α,β-unsaturated/α-hetero) is 1. The van der Waals surface area contributed by atoms with Crippen molar-refractivity contribution < 1.29 is 33.3 Å². The Balaban J connectivity index is 1.97. The Hall–Kier alpha value is -3.22. The second-order valence-electron chi connectivity index (χ2n) is 6.26. The van der Waals surface area contributed by atoms with E-state index in [2.05, 4.69) is 0 Å². The van der Waals surface area contributed by atoms with Gasteiger partial charge in [0.25, 0.3) is 0 Å². The Morgan fingerprint density at radius 3 is 1.93 bits per heavy atom. The molecule has 0 amide bonds. The van der Waals surface area contributed by atoms with Crippen molar-refractivity contribution in [3.63, 3.8) is 0 Å². The van der Waals surface area contributed by atoms with Crippen molar-refractivity contribution in [2.24, 2.45) is 0 Å². The molecular formula is C22H26O7. The van der Waals surface area contributed by atoms with Gasteiger partial charge in [-0.15, -0.1) is 0 Å². The lowest BCUT2D eigenvalue weighted by Gasteiger charge is -2.15. The van der Waals surface area contributed by atoms with Gasteiger partial charge in [-0.05, 0) is 55.3 Å². The quantitative estimate of drug-likeness (QED) is 0.445. The van der Waals surface area contributed by atoms with Gasteiger partial charge in [0.2, 0.25) is 11.5 Å². The van der Waals surface area contributed by atoms with E-state index in [9.17, 15) is 9.59 Å². The van der Waals surface area contributed by atoms with Crippen LogP contribution in [0.2, 0.25) is 0 Å². The van der Waals surface area contributed by atoms with Crippen molar-refractivity contribution in [2.75, 3.05) is 28.4 Å². The van der Waals surface area contributed by atoms with Crippen molar-refractivity contribution in [2.45, 2.75) is 25.9 Å². The summed E-state index contributed by atoms with van der Waals surface area (Å²) in [6.07, 6.45) is -0.367. The highest BCUT2D eigenvalue weighted by atomic mass is 16.5. The van der Waals surface area contributed by atoms with E-state index < -0.39 is 12.1 Å². The highest BCUT2D eigenvalue weighted by Gasteiger charge is 2.20. The fraction of sp³-hybridized carbons (Fsp3) is 0.364. The van der Waals surface area contributed by atoms with Crippen molar-refractivity contribution in [3.8, 4) is 23.0 Å². The number of esters is 1. The Morgan fingerprint density at radius 1 is 0.862 bits per heavy atom. The molecule has 0 heterocycles. The van der Waals surface area contributed by atoms with Gasteiger partial charge in [0.1, 0.15) is 5.75 Å². The molecule has 0 saturated heterocycles. The summed E-state index contributed by atoms with van der Waals surface area (Å²) in [5.74, 6) is 1.43. The molecule has 0 N–H and O–H groups in total. The molecule has 7 nitrogen and oxygen atoms in total. The molecular weight excluding hydrogens is 376 g/mol. The number of aryl methyl sites for hydroxylation is 1. The van der Waals surface area contributed by atoms with Gasteiger partial charge in [-0.3, -0.25) is 9.59 Å². The Morgan fingerprint density at radius 2 is 1.45 bits per heavy atom. The fourth-order valence-corrected chi connectivity index (χ4v) is 2.83. The summed E-state index contributed by atoms with van der Waals surface area (Å²) in [5.41, 5.74) is 1.28. The molecule has 2 rings (SSSR count). The normalized spacial score (nSPS) is 11.3. The number of rotatable bonds is 10. The minimum absolute atomic E-state index is 0.110. The van der Waals surface area contributed by atoms with Gasteiger partial charge < -0.3 is 23.7 Å². The van der Waals surface area contributed by atoms with Crippen molar-refractivity contribution in [1.29, 1.82) is 0 Å². The molecule has 156 valence electrons. The van der Waals surface area contributed by atoms with E-state index in [1.54, 1.807) is 50.4 Å². The van der Waals surface area contributed by atoms with E-state index in [0.717, 1.165) is 5.56 Å². The van der Waals surface area contributed by atoms with Crippen LogP contribution in [0.4, 0.5) is 0 Å². The van der Waals surface area contributed by atoms with Gasteiger partial charge in [0.15, 0.2) is 17.6 Å². The smallest absolute Gasteiger partial charge is 0.306 e. The van der Waals surface area contributed by atoms with Crippen LogP contribution in [0.25, 0.3) is 0 Å². The molecule has 0 unspecified atom stereocenters. The minimum Gasteiger partial charge on any atom is -0.497 e. The van der Waals surface area contributed by atoms with E-state index in [-0.39, 0.29) is 12.2 Å². The molecule has 0 aromatic heterocycles. The first-order valence-corrected chi connectivity index (χ1v) is 9.10. The minimum atomic E-state index is -0.879. The van der Waals surface area contributed by atoms with Crippen LogP contribution in [0.15, 0.2) is 36.4 Å². The summed E-state index contributed by atoms with van der Waals surface area (Å²) in [7, 11) is 6.14. The Bertz CT molecular complexity index is 818. The number of benzene rings is 2. The van der Waals surface area contributed by atoms with Gasteiger partial charge in [-0.1, -0.05) is 0 Å². The van der Waals surface area contributed by atoms with Crippen LogP contribution in [-0.4, -0.2) is 46.3 Å². The predicted molar refractivity (Wildman–Crippen MR) is 107 cm³/mol. The van der Waals surface area contributed by atoms with Crippen LogP contribution in [0.5, 0.6) is 23.0 Å². The summed E-state index contributed by atoms with van der Waals surface area (Å²) >= 11 is 0. The average Bonchev–Trinajstić information content (AvgIpc) is 2.76. The van der Waals surface area contributed by atoms with Crippen LogP contribution < -0.4 is 18.9 Å². The number of carbonyl (C=O) groups is 2. The summed E-state index contributed by atoms with van der Waals surface area (Å²) in [6, 6.07) is 10.2. The first-order valence-electron chi connectivity index (χ1n) is 9.10. The molecule has 0 saturated carbocycles. The SMILES string of the molecule is COc1ccc(C(=O)[C@H](C)OC(=O)CCc2cc(OC)c(OC)c(OC)c2)cc1. The van der Waals surface area contributed by atoms with Crippen LogP contribution in [0.3, 0.4) is 0 Å². The molecule has 7 heteroatoms. The van der Waals surface area contributed by atoms with Crippen molar-refractivity contribution in [1.82, 2.24) is 0 Å². The van der Waals surface area contributed by atoms with Gasteiger partial charge in [-0.2, -0.15) is 0 Å². The number of hydrogen-bond donors (Lipinski definition) is 0. The maximum absolute atomic E-state index is 12.4. The van der Waals surface area contributed by atoms with E-state index in [0.29, 0.717) is 35.0 Å². The molecule has 1 atom stereocenters. The van der Waals surface area contributed by atoms with E-state index in [1.807, 2.05) is 0 Å². The molecule has 2 aromatic carbocycles. The zero-order chi connectivity index (χ0) is 21.4. The van der Waals surface area contributed by atoms with Crippen LogP contribution in [-0.2, 0) is 16.0 Å². The maximum Gasteiger partial charge on any atom is 0.306 e. The van der Waals surface area contributed by atoms with E-state index >= 15 is 0 Å². The summed E-state index contributed by atoms with van der Waals surface area (Å²) in [6.45, 7) is 1.56. The molecule has 0 aliphatic carbocycles. The number of hydrogen-bond acceptors (Lipinski definition) is 7. The zero-order valence-electron chi connectivity index (χ0n) is 17.3. The molecule has 29 heavy (non-hydrogen) atoms. The fourth-order valence-electron chi connectivity index (χ4n) is 2.83. The summed E-state index contributed by atoms with van der Waals surface area (Å²) in [5, 5.41) is 0. The van der Waals surface area contributed by atoms with Crippen molar-refractivity contribution >= 4 is 11.8 Å². The largest absolute Gasteiger partial charge is 0.497 e. The predicted octanol–water partition coefficient (Wildman–Crippen LogP) is 3.47. The molecule has 0 bridgehead atoms. The first-order chi connectivity index (χ1) is 13.9. The molecule has 0 fully saturated rings. The van der Waals surface area contributed by atoms with Gasteiger partial charge in [-0.25, -0.2) is 0 Å². The second kappa shape index (κ2) is 10.4. The lowest BCUT2D eigenvalue weighted by molar-refractivity contribution is -0.146. The molecule has 2 aromatic rings. The number of ketones is 1. The zero-order valence-corrected chi connectivity index (χ0v) is 17.3. The first kappa shape index (κ1) is 22.1. The highest BCUT2D eigenvalue weighted by molar-refractivity contribution is 6.00. The Kier molecular flexibility index (Phi) is 7.88. The lowest BCUT2D eigenvalue weighted by Crippen LogP contribution is -2.24. The van der Waals surface area contributed by atoms with Gasteiger partial charge >= 0.3 is 5.97 Å². The van der Waals surface area contributed by atoms with Crippen LogP contribution in [0.1, 0.15) is 29.3 Å². The molecule has 0 aliphatic rings. The molecule has 0 spiro atoms. The third-order valence-electron chi connectivity index (χ3n) is 4.39. The molecule has 0 radical (unpaired) electrons. The Labute approximate surface area is 170 Å². The topological polar surface area (TPSA) is 80.3 Å². The molecule has 0 aliphatic heterocycles. The monoisotopic (exact) mass is 402 g/mol. The van der Waals surface area contributed by atoms with Crippen LogP contribution >= 0.6 is 0 Å². The van der Waals surface area contributed by atoms with E-state index in [4.69, 9.17) is 23.7 Å². The standard InChI is InChI=1S/C22H26O7/c1-14(21(24)16-7-9-17(25-2)10-8-16)29-20(23)11-6-15-12-18(26-3)22(28-5)19(13-15)27-4/h7-10,12-14H,6,11H2,1-5H3/t14-/m0/s1. The third kappa shape index (κ3) is 5.63. The summed E-state index contributed by atoms with van der Waals surface area (Å²) < 4.78 is 26.3. The number of ether oxygens (including phenoxy) is 5. The number of methoxy groups -OCH3 is 4. The van der Waals surface area contributed by atoms with Gasteiger partial charge in [0, 0.05) is 12.0 Å². The average molecular weight is 402 g/mol. The van der Waals surface area contributed by atoms with E-state index in [1.165, 1.54) is 21.3 Å². The van der Waals surface area contributed by atoms with Gasteiger partial charge in [0.05, 0.1) is 28.4 Å². The number of carbonyl (C=O) groups excluding carboxylic acids is 2.